The molecule has 1 atom stereocenters. The summed E-state index contributed by atoms with van der Waals surface area (Å²) in [4.78, 5) is 12.1. The van der Waals surface area contributed by atoms with Crippen LogP contribution in [0.25, 0.3) is 5.57 Å². The molecule has 146 valence electrons. The van der Waals surface area contributed by atoms with E-state index in [1.54, 1.807) is 11.6 Å². The molecular weight excluding hydrogens is 420 g/mol. The van der Waals surface area contributed by atoms with Gasteiger partial charge in [0.05, 0.1) is 10.7 Å². The van der Waals surface area contributed by atoms with Gasteiger partial charge in [-0.3, -0.25) is 9.13 Å². The molecule has 3 aliphatic rings. The lowest BCUT2D eigenvalue weighted by atomic mass is 9.86. The van der Waals surface area contributed by atoms with Crippen molar-refractivity contribution in [3.05, 3.63) is 44.9 Å². The van der Waals surface area contributed by atoms with E-state index < -0.39 is 0 Å². The molecule has 7 heteroatoms. The molecule has 28 heavy (non-hydrogen) atoms. The van der Waals surface area contributed by atoms with Crippen LogP contribution in [0, 0.1) is 11.8 Å². The average Bonchev–Trinajstić information content (AvgIpc) is 3.46. The van der Waals surface area contributed by atoms with Crippen molar-refractivity contribution in [2.75, 3.05) is 5.43 Å². The number of rotatable bonds is 4. The maximum absolute atomic E-state index is 12.1. The summed E-state index contributed by atoms with van der Waals surface area (Å²) >= 11 is 3.80. The minimum Gasteiger partial charge on any atom is -0.493 e. The Morgan fingerprint density at radius 2 is 2.18 bits per heavy atom. The van der Waals surface area contributed by atoms with Crippen LogP contribution in [-0.4, -0.2) is 25.1 Å². The molecule has 1 aliphatic heterocycles. The molecule has 2 heterocycles. The highest BCUT2D eigenvalue weighted by Gasteiger charge is 2.35. The number of benzene rings is 1. The van der Waals surface area contributed by atoms with Gasteiger partial charge in [-0.05, 0) is 71.2 Å². The summed E-state index contributed by atoms with van der Waals surface area (Å²) in [7, 11) is 1.59. The van der Waals surface area contributed by atoms with E-state index in [0.717, 1.165) is 29.7 Å². The van der Waals surface area contributed by atoms with E-state index in [1.165, 1.54) is 46.1 Å². The van der Waals surface area contributed by atoms with E-state index in [1.807, 2.05) is 0 Å². The molecule has 5 rings (SSSR count). The number of aromatic nitrogens is 2. The SMILES string of the molecule is Cn1c(O)cn(CC2CC=C(c3ccc4c(c3Br)N[N+]4=CC3CC3)CC2)c1=O. The third kappa shape index (κ3) is 3.02. The number of allylic oxidation sites excluding steroid dienone is 2. The van der Waals surface area contributed by atoms with E-state index >= 15 is 0 Å². The van der Waals surface area contributed by atoms with Gasteiger partial charge in [-0.15, -0.1) is 0 Å². The molecule has 0 radical (unpaired) electrons. The van der Waals surface area contributed by atoms with Crippen molar-refractivity contribution >= 4 is 39.1 Å². The van der Waals surface area contributed by atoms with Crippen molar-refractivity contribution in [3.63, 3.8) is 0 Å². The van der Waals surface area contributed by atoms with E-state index in [-0.39, 0.29) is 11.6 Å². The van der Waals surface area contributed by atoms with E-state index in [0.29, 0.717) is 12.5 Å². The Bertz CT molecular complexity index is 1070. The van der Waals surface area contributed by atoms with Gasteiger partial charge in [0.1, 0.15) is 0 Å². The predicted octanol–water partition coefficient (Wildman–Crippen LogP) is 4.00. The molecule has 6 nitrogen and oxygen atoms in total. The topological polar surface area (TPSA) is 62.2 Å². The van der Waals surface area contributed by atoms with Crippen LogP contribution >= 0.6 is 15.9 Å². The zero-order valence-corrected chi connectivity index (χ0v) is 17.4. The maximum Gasteiger partial charge on any atom is 0.330 e. The van der Waals surface area contributed by atoms with Crippen LogP contribution in [-0.2, 0) is 13.6 Å². The van der Waals surface area contributed by atoms with Crippen LogP contribution in [0.15, 0.2) is 33.7 Å². The molecule has 2 aliphatic carbocycles. The summed E-state index contributed by atoms with van der Waals surface area (Å²) in [5.41, 5.74) is 8.30. The van der Waals surface area contributed by atoms with Crippen molar-refractivity contribution in [2.24, 2.45) is 18.9 Å². The minimum absolute atomic E-state index is 0.0171. The van der Waals surface area contributed by atoms with Crippen molar-refractivity contribution in [1.82, 2.24) is 9.13 Å². The molecule has 1 unspecified atom stereocenters. The normalized spacial score (nSPS) is 22.4. The number of aromatic hydroxyl groups is 1. The molecule has 0 bridgehead atoms. The number of hydrazine groups is 1. The monoisotopic (exact) mass is 443 g/mol. The zero-order valence-electron chi connectivity index (χ0n) is 15.9. The highest BCUT2D eigenvalue weighted by atomic mass is 79.9. The number of nitrogens with zero attached hydrogens (tertiary/aromatic N) is 3. The van der Waals surface area contributed by atoms with Crippen molar-refractivity contribution in [2.45, 2.75) is 38.6 Å². The maximum atomic E-state index is 12.1. The highest BCUT2D eigenvalue weighted by molar-refractivity contribution is 9.10. The summed E-state index contributed by atoms with van der Waals surface area (Å²) in [6.07, 6.45) is 11.7. The molecule has 1 fully saturated rings. The molecule has 1 aromatic heterocycles. The first-order valence-corrected chi connectivity index (χ1v) is 10.7. The number of hydrogen-bond acceptors (Lipinski definition) is 3. The largest absolute Gasteiger partial charge is 0.493 e. The second kappa shape index (κ2) is 6.65. The van der Waals surface area contributed by atoms with Crippen LogP contribution in [0.3, 0.4) is 0 Å². The Labute approximate surface area is 171 Å². The molecule has 2 N–H and O–H groups in total. The van der Waals surface area contributed by atoms with Gasteiger partial charge in [0.15, 0.2) is 11.9 Å². The number of anilines is 1. The Kier molecular flexibility index (Phi) is 4.23. The number of imidazole rings is 1. The molecule has 0 amide bonds. The van der Waals surface area contributed by atoms with Crippen molar-refractivity contribution in [3.8, 4) is 5.88 Å². The Morgan fingerprint density at radius 1 is 1.36 bits per heavy atom. The van der Waals surface area contributed by atoms with Gasteiger partial charge in [-0.2, -0.15) is 5.43 Å². The molecule has 1 aromatic carbocycles. The van der Waals surface area contributed by atoms with Gasteiger partial charge < -0.3 is 5.11 Å². The first-order chi connectivity index (χ1) is 13.5. The fourth-order valence-corrected chi connectivity index (χ4v) is 4.78. The van der Waals surface area contributed by atoms with E-state index in [2.05, 4.69) is 50.5 Å². The van der Waals surface area contributed by atoms with Crippen LogP contribution in [0.1, 0.15) is 37.7 Å². The number of hydrogen-bond donors (Lipinski definition) is 2. The summed E-state index contributed by atoms with van der Waals surface area (Å²) in [5.74, 6) is 1.16. The van der Waals surface area contributed by atoms with Gasteiger partial charge in [-0.1, -0.05) is 10.8 Å². The summed E-state index contributed by atoms with van der Waals surface area (Å²) < 4.78 is 6.17. The molecule has 2 aromatic rings. The van der Waals surface area contributed by atoms with Gasteiger partial charge >= 0.3 is 5.69 Å². The predicted molar refractivity (Wildman–Crippen MR) is 113 cm³/mol. The summed E-state index contributed by atoms with van der Waals surface area (Å²) in [5, 5.41) is 9.71. The summed E-state index contributed by atoms with van der Waals surface area (Å²) in [6, 6.07) is 4.41. The van der Waals surface area contributed by atoms with E-state index in [4.69, 9.17) is 0 Å². The van der Waals surface area contributed by atoms with Gasteiger partial charge in [0, 0.05) is 25.6 Å². The number of halogens is 1. The van der Waals surface area contributed by atoms with Crippen molar-refractivity contribution < 1.29 is 9.79 Å². The van der Waals surface area contributed by atoms with Crippen LogP contribution in [0.5, 0.6) is 5.88 Å². The second-order valence-corrected chi connectivity index (χ2v) is 8.93. The second-order valence-electron chi connectivity index (χ2n) is 8.14. The lowest BCUT2D eigenvalue weighted by Crippen LogP contribution is -2.27. The lowest BCUT2D eigenvalue weighted by Gasteiger charge is -2.25. The minimum atomic E-state index is -0.156. The number of nitrogens with one attached hydrogen (secondary N) is 1. The van der Waals surface area contributed by atoms with Crippen molar-refractivity contribution in [1.29, 1.82) is 0 Å². The molecule has 1 saturated carbocycles. The Morgan fingerprint density at radius 3 is 2.82 bits per heavy atom. The average molecular weight is 444 g/mol. The highest BCUT2D eigenvalue weighted by Crippen LogP contribution is 2.46. The van der Waals surface area contributed by atoms with Crippen LogP contribution in [0.4, 0.5) is 11.4 Å². The molecule has 0 saturated heterocycles. The third-order valence-corrected chi connectivity index (χ3v) is 6.89. The van der Waals surface area contributed by atoms with Crippen LogP contribution in [0.2, 0.25) is 0 Å². The Hall–Kier alpha value is -2.28. The first-order valence-electron chi connectivity index (χ1n) is 9.89. The third-order valence-electron chi connectivity index (χ3n) is 6.06. The first kappa shape index (κ1) is 17.8. The standard InChI is InChI=1S/C21H23BrN4O2/c1-24-18(27)12-25(21(24)28)10-13-4-6-15(7-5-13)16-8-9-17-20(19(16)22)23-26(17)11-14-2-3-14/h6,8-9,11-14,23H,2-5,7,10H2,1H3/p+1. The number of hydrazone groups is 1. The Balaban J connectivity index is 1.31. The van der Waals surface area contributed by atoms with E-state index in [9.17, 15) is 9.90 Å². The smallest absolute Gasteiger partial charge is 0.330 e. The van der Waals surface area contributed by atoms with Gasteiger partial charge in [-0.25, -0.2) is 4.79 Å². The lowest BCUT2D eigenvalue weighted by molar-refractivity contribution is -0.424. The number of fused-ring (bicyclic) bond motifs is 1. The fraction of sp³-hybridized carbons (Fsp3) is 0.429. The van der Waals surface area contributed by atoms with Gasteiger partial charge in [0.2, 0.25) is 5.88 Å². The molecule has 0 spiro atoms. The van der Waals surface area contributed by atoms with Crippen LogP contribution < -0.4 is 11.1 Å². The zero-order chi connectivity index (χ0) is 19.4. The fourth-order valence-electron chi connectivity index (χ4n) is 4.10. The summed E-state index contributed by atoms with van der Waals surface area (Å²) in [6.45, 7) is 0.649. The van der Waals surface area contributed by atoms with Gasteiger partial charge in [0.25, 0.3) is 5.69 Å². The molecular formula is C21H24BrN4O2+. The quantitative estimate of drug-likeness (QED) is 0.701.